The first kappa shape index (κ1) is 18.9. The Kier molecular flexibility index (Phi) is 9.19. The van der Waals surface area contributed by atoms with E-state index < -0.39 is 17.7 Å². The molecule has 0 rings (SSSR count). The first-order valence-corrected chi connectivity index (χ1v) is 7.27. The van der Waals surface area contributed by atoms with E-state index in [1.165, 1.54) is 0 Å². The highest BCUT2D eigenvalue weighted by Gasteiger charge is 2.43. The molecule has 0 aliphatic heterocycles. The summed E-state index contributed by atoms with van der Waals surface area (Å²) >= 11 is 0. The largest absolute Gasteiger partial charge is 0.465 e. The third-order valence-electron chi connectivity index (χ3n) is 2.86. The number of rotatable bonds is 10. The fraction of sp³-hybridized carbons (Fsp3) is 0.867. The maximum absolute atomic E-state index is 12.2. The zero-order chi connectivity index (χ0) is 15.6. The van der Waals surface area contributed by atoms with Crippen molar-refractivity contribution in [2.75, 3.05) is 19.8 Å². The highest BCUT2D eigenvalue weighted by molar-refractivity contribution is 5.80. The van der Waals surface area contributed by atoms with E-state index in [0.29, 0.717) is 19.6 Å². The van der Waals surface area contributed by atoms with Gasteiger partial charge in [0, 0.05) is 19.6 Å². The molecular formula is C15H27NO4. The van der Waals surface area contributed by atoms with Crippen LogP contribution in [0.25, 0.3) is 0 Å². The van der Waals surface area contributed by atoms with Crippen molar-refractivity contribution in [2.45, 2.75) is 53.8 Å². The second kappa shape index (κ2) is 9.73. The molecule has 116 valence electrons. The molecule has 20 heavy (non-hydrogen) atoms. The smallest absolute Gasteiger partial charge is 0.326 e. The maximum Gasteiger partial charge on any atom is 0.326 e. The lowest BCUT2D eigenvalue weighted by Crippen LogP contribution is -2.38. The first-order valence-electron chi connectivity index (χ1n) is 7.27. The Morgan fingerprint density at radius 3 is 2.00 bits per heavy atom. The number of ether oxygens (including phenoxy) is 3. The molecule has 0 radical (unpaired) electrons. The second-order valence-electron chi connectivity index (χ2n) is 5.06. The van der Waals surface area contributed by atoms with Gasteiger partial charge >= 0.3 is 5.97 Å². The van der Waals surface area contributed by atoms with Gasteiger partial charge in [0.15, 0.2) is 11.7 Å². The molecule has 1 atom stereocenters. The van der Waals surface area contributed by atoms with Crippen LogP contribution in [0.4, 0.5) is 0 Å². The van der Waals surface area contributed by atoms with Gasteiger partial charge in [-0.25, -0.2) is 0 Å². The lowest BCUT2D eigenvalue weighted by atomic mass is 9.78. The number of nitrogens with zero attached hydrogens (tertiary/aromatic N) is 1. The van der Waals surface area contributed by atoms with Gasteiger partial charge in [-0.05, 0) is 33.1 Å². The van der Waals surface area contributed by atoms with Crippen molar-refractivity contribution in [3.8, 4) is 6.07 Å². The van der Waals surface area contributed by atoms with Crippen LogP contribution in [0.1, 0.15) is 47.5 Å². The lowest BCUT2D eigenvalue weighted by molar-refractivity contribution is -0.173. The molecule has 0 aliphatic carbocycles. The Balaban J connectivity index is 5.16. The maximum atomic E-state index is 12.2. The summed E-state index contributed by atoms with van der Waals surface area (Å²) in [5, 5.41) is 9.55. The normalized spacial score (nSPS) is 14.1. The molecule has 0 fully saturated rings. The van der Waals surface area contributed by atoms with Crippen molar-refractivity contribution in [1.29, 1.82) is 5.26 Å². The summed E-state index contributed by atoms with van der Waals surface area (Å²) in [4.78, 5) is 12.2. The number of hydrogen-bond donors (Lipinski definition) is 0. The summed E-state index contributed by atoms with van der Waals surface area (Å²) in [5.74, 6) is -0.288. The van der Waals surface area contributed by atoms with Gasteiger partial charge in [-0.15, -0.1) is 0 Å². The number of carbonyl (C=O) groups is 1. The predicted octanol–water partition coefficient (Wildman–Crippen LogP) is 2.89. The summed E-state index contributed by atoms with van der Waals surface area (Å²) in [6.45, 7) is 10.6. The molecule has 0 spiro atoms. The fourth-order valence-electron chi connectivity index (χ4n) is 2.18. The van der Waals surface area contributed by atoms with Crippen molar-refractivity contribution in [3.05, 3.63) is 0 Å². The molecule has 5 heteroatoms. The van der Waals surface area contributed by atoms with Gasteiger partial charge in [0.2, 0.25) is 0 Å². The minimum Gasteiger partial charge on any atom is -0.465 e. The minimum absolute atomic E-state index is 0.197. The summed E-state index contributed by atoms with van der Waals surface area (Å²) in [6.07, 6.45) is 0.0639. The average molecular weight is 285 g/mol. The van der Waals surface area contributed by atoms with Gasteiger partial charge in [0.25, 0.3) is 0 Å². The van der Waals surface area contributed by atoms with Crippen LogP contribution in [0.2, 0.25) is 0 Å². The molecule has 5 nitrogen and oxygen atoms in total. The van der Waals surface area contributed by atoms with Crippen molar-refractivity contribution in [2.24, 2.45) is 11.3 Å². The molecule has 0 amide bonds. The summed E-state index contributed by atoms with van der Waals surface area (Å²) in [7, 11) is 0. The second-order valence-corrected chi connectivity index (χ2v) is 5.06. The van der Waals surface area contributed by atoms with Gasteiger partial charge in [-0.1, -0.05) is 13.8 Å². The summed E-state index contributed by atoms with van der Waals surface area (Å²) < 4.78 is 16.0. The quantitative estimate of drug-likeness (QED) is 0.456. The fourth-order valence-corrected chi connectivity index (χ4v) is 2.18. The van der Waals surface area contributed by atoms with Crippen LogP contribution in [0.15, 0.2) is 0 Å². The van der Waals surface area contributed by atoms with E-state index in [9.17, 15) is 10.1 Å². The van der Waals surface area contributed by atoms with Gasteiger partial charge in [0.05, 0.1) is 12.7 Å². The highest BCUT2D eigenvalue weighted by atomic mass is 16.7. The average Bonchev–Trinajstić information content (AvgIpc) is 2.38. The van der Waals surface area contributed by atoms with Gasteiger partial charge < -0.3 is 14.2 Å². The summed E-state index contributed by atoms with van der Waals surface area (Å²) in [6, 6.07) is 2.14. The molecule has 0 aromatic carbocycles. The van der Waals surface area contributed by atoms with Crippen LogP contribution in [0.3, 0.4) is 0 Å². The molecule has 0 saturated carbocycles. The molecular weight excluding hydrogens is 258 g/mol. The number of carbonyl (C=O) groups excluding carboxylic acids is 1. The van der Waals surface area contributed by atoms with Crippen molar-refractivity contribution < 1.29 is 19.0 Å². The predicted molar refractivity (Wildman–Crippen MR) is 75.8 cm³/mol. The standard InChI is InChI=1S/C15H27NO4/c1-6-18-13(19-7-2)10-15(11-16,9-12(4)5)14(17)20-8-3/h12-13H,6-10H2,1-5H3. The zero-order valence-electron chi connectivity index (χ0n) is 13.3. The molecule has 0 N–H and O–H groups in total. The number of esters is 1. The van der Waals surface area contributed by atoms with Gasteiger partial charge in [-0.2, -0.15) is 5.26 Å². The lowest BCUT2D eigenvalue weighted by Gasteiger charge is -2.29. The third-order valence-corrected chi connectivity index (χ3v) is 2.86. The number of nitriles is 1. The topological polar surface area (TPSA) is 68.6 Å². The van der Waals surface area contributed by atoms with E-state index in [2.05, 4.69) is 6.07 Å². The van der Waals surface area contributed by atoms with Crippen molar-refractivity contribution in [3.63, 3.8) is 0 Å². The van der Waals surface area contributed by atoms with E-state index in [0.717, 1.165) is 0 Å². The molecule has 1 unspecified atom stereocenters. The van der Waals surface area contributed by atoms with E-state index in [1.54, 1.807) is 6.92 Å². The molecule has 0 aromatic heterocycles. The van der Waals surface area contributed by atoms with Crippen molar-refractivity contribution in [1.82, 2.24) is 0 Å². The molecule has 0 saturated heterocycles. The summed E-state index contributed by atoms with van der Waals surface area (Å²) in [5.41, 5.74) is -1.21. The Morgan fingerprint density at radius 2 is 1.65 bits per heavy atom. The van der Waals surface area contributed by atoms with Crippen LogP contribution in [0, 0.1) is 22.7 Å². The van der Waals surface area contributed by atoms with Gasteiger partial charge in [0.1, 0.15) is 0 Å². The molecule has 0 heterocycles. The van der Waals surface area contributed by atoms with Crippen LogP contribution in [-0.2, 0) is 19.0 Å². The van der Waals surface area contributed by atoms with E-state index >= 15 is 0 Å². The monoisotopic (exact) mass is 285 g/mol. The van der Waals surface area contributed by atoms with Gasteiger partial charge in [-0.3, -0.25) is 4.79 Å². The van der Waals surface area contributed by atoms with E-state index in [4.69, 9.17) is 14.2 Å². The molecule has 0 aromatic rings. The molecule has 0 aliphatic rings. The Hall–Kier alpha value is -1.12. The van der Waals surface area contributed by atoms with E-state index in [-0.39, 0.29) is 18.9 Å². The van der Waals surface area contributed by atoms with Crippen LogP contribution in [0.5, 0.6) is 0 Å². The third kappa shape index (κ3) is 5.89. The Labute approximate surface area is 122 Å². The van der Waals surface area contributed by atoms with Crippen molar-refractivity contribution >= 4 is 5.97 Å². The molecule has 0 bridgehead atoms. The van der Waals surface area contributed by atoms with Crippen LogP contribution < -0.4 is 0 Å². The Morgan fingerprint density at radius 1 is 1.10 bits per heavy atom. The van der Waals surface area contributed by atoms with Crippen LogP contribution >= 0.6 is 0 Å². The minimum atomic E-state index is -1.21. The van der Waals surface area contributed by atoms with Crippen LogP contribution in [-0.4, -0.2) is 32.1 Å². The highest BCUT2D eigenvalue weighted by Crippen LogP contribution is 2.34. The van der Waals surface area contributed by atoms with E-state index in [1.807, 2.05) is 27.7 Å². The zero-order valence-corrected chi connectivity index (χ0v) is 13.3. The SMILES string of the molecule is CCOC(=O)C(C#N)(CC(C)C)CC(OCC)OCC. The number of hydrogen-bond acceptors (Lipinski definition) is 5. The first-order chi connectivity index (χ1) is 9.45. The Bertz CT molecular complexity index is 318.